The van der Waals surface area contributed by atoms with Crippen molar-refractivity contribution in [1.82, 2.24) is 9.78 Å². The van der Waals surface area contributed by atoms with Gasteiger partial charge < -0.3 is 0 Å². The fraction of sp³-hybridized carbons (Fsp3) is 0.500. The number of hydrogen-bond donors (Lipinski definition) is 0. The van der Waals surface area contributed by atoms with Crippen LogP contribution in [0.4, 0.5) is 0 Å². The summed E-state index contributed by atoms with van der Waals surface area (Å²) in [5.41, 5.74) is 1.25. The molecule has 1 rings (SSSR count). The summed E-state index contributed by atoms with van der Waals surface area (Å²) in [6, 6.07) is 0. The Hall–Kier alpha value is -0.310. The second-order valence-electron chi connectivity index (χ2n) is 1.92. The highest BCUT2D eigenvalue weighted by Gasteiger charge is 2.00. The van der Waals surface area contributed by atoms with Crippen LogP contribution in [0, 0.1) is 0 Å². The van der Waals surface area contributed by atoms with Crippen molar-refractivity contribution in [2.24, 2.45) is 7.05 Å². The second-order valence-corrected chi connectivity index (χ2v) is 2.77. The molecule has 0 spiro atoms. The third kappa shape index (κ3) is 1.15. The first-order valence-electron chi connectivity index (χ1n) is 2.92. The van der Waals surface area contributed by atoms with Crippen LogP contribution in [0.15, 0.2) is 10.7 Å². The van der Waals surface area contributed by atoms with Crippen LogP contribution < -0.4 is 0 Å². The summed E-state index contributed by atoms with van der Waals surface area (Å²) >= 11 is 3.39. The maximum absolute atomic E-state index is 4.06. The van der Waals surface area contributed by atoms with Crippen molar-refractivity contribution in [3.05, 3.63) is 16.4 Å². The summed E-state index contributed by atoms with van der Waals surface area (Å²) in [7, 11) is 1.95. The Kier molecular flexibility index (Phi) is 1.90. The van der Waals surface area contributed by atoms with Gasteiger partial charge in [-0.1, -0.05) is 6.92 Å². The fourth-order valence-corrected chi connectivity index (χ4v) is 1.46. The standard InChI is InChI=1S/C6H9BrN2/c1-3-6-5(7)4-8-9(6)2/h4H,3H2,1-2H3. The Morgan fingerprint density at radius 3 is 2.67 bits per heavy atom. The third-order valence-electron chi connectivity index (χ3n) is 1.35. The van der Waals surface area contributed by atoms with Crippen molar-refractivity contribution < 1.29 is 0 Å². The zero-order valence-electron chi connectivity index (χ0n) is 5.56. The maximum Gasteiger partial charge on any atom is 0.0635 e. The van der Waals surface area contributed by atoms with Gasteiger partial charge in [0.05, 0.1) is 16.4 Å². The molecule has 0 N–H and O–H groups in total. The van der Waals surface area contributed by atoms with Gasteiger partial charge in [-0.05, 0) is 22.4 Å². The number of rotatable bonds is 1. The van der Waals surface area contributed by atoms with E-state index in [9.17, 15) is 0 Å². The molecule has 0 unspecified atom stereocenters. The first kappa shape index (κ1) is 6.81. The average Bonchev–Trinajstić information content (AvgIpc) is 2.12. The maximum atomic E-state index is 4.06. The van der Waals surface area contributed by atoms with Gasteiger partial charge >= 0.3 is 0 Å². The number of aryl methyl sites for hydroxylation is 1. The minimum atomic E-state index is 1.02. The molecule has 1 aromatic rings. The Bertz CT molecular complexity index is 185. The molecule has 3 heteroatoms. The molecule has 0 radical (unpaired) electrons. The number of aromatic nitrogens is 2. The van der Waals surface area contributed by atoms with Crippen molar-refractivity contribution in [2.45, 2.75) is 13.3 Å². The summed E-state index contributed by atoms with van der Waals surface area (Å²) < 4.78 is 2.98. The lowest BCUT2D eigenvalue weighted by Crippen LogP contribution is -1.95. The van der Waals surface area contributed by atoms with Crippen LogP contribution in [0.25, 0.3) is 0 Å². The van der Waals surface area contributed by atoms with Crippen LogP contribution in [0.5, 0.6) is 0 Å². The zero-order chi connectivity index (χ0) is 6.85. The lowest BCUT2D eigenvalue weighted by atomic mass is 10.3. The third-order valence-corrected chi connectivity index (χ3v) is 2.01. The van der Waals surface area contributed by atoms with Gasteiger partial charge in [0.2, 0.25) is 0 Å². The monoisotopic (exact) mass is 188 g/mol. The van der Waals surface area contributed by atoms with E-state index in [2.05, 4.69) is 28.0 Å². The van der Waals surface area contributed by atoms with Gasteiger partial charge in [0, 0.05) is 7.05 Å². The average molecular weight is 189 g/mol. The summed E-state index contributed by atoms with van der Waals surface area (Å²) in [4.78, 5) is 0. The smallest absolute Gasteiger partial charge is 0.0635 e. The van der Waals surface area contributed by atoms with Gasteiger partial charge in [-0.25, -0.2) is 0 Å². The molecule has 0 bridgehead atoms. The van der Waals surface area contributed by atoms with Gasteiger partial charge in [0.25, 0.3) is 0 Å². The molecular weight excluding hydrogens is 180 g/mol. The number of halogens is 1. The minimum Gasteiger partial charge on any atom is -0.272 e. The predicted octanol–water partition coefficient (Wildman–Crippen LogP) is 1.74. The Morgan fingerprint density at radius 2 is 2.44 bits per heavy atom. The Morgan fingerprint density at radius 1 is 1.78 bits per heavy atom. The van der Waals surface area contributed by atoms with Crippen LogP contribution in [0.1, 0.15) is 12.6 Å². The molecule has 0 saturated heterocycles. The molecule has 1 aromatic heterocycles. The van der Waals surface area contributed by atoms with Crippen molar-refractivity contribution in [3.63, 3.8) is 0 Å². The van der Waals surface area contributed by atoms with Crippen molar-refractivity contribution in [3.8, 4) is 0 Å². The fourth-order valence-electron chi connectivity index (χ4n) is 0.834. The lowest BCUT2D eigenvalue weighted by Gasteiger charge is -1.95. The normalized spacial score (nSPS) is 10.1. The zero-order valence-corrected chi connectivity index (χ0v) is 7.14. The predicted molar refractivity (Wildman–Crippen MR) is 40.3 cm³/mol. The first-order chi connectivity index (χ1) is 4.25. The van der Waals surface area contributed by atoms with Gasteiger partial charge in [0.1, 0.15) is 0 Å². The van der Waals surface area contributed by atoms with E-state index in [-0.39, 0.29) is 0 Å². The van der Waals surface area contributed by atoms with Crippen LogP contribution in [0.2, 0.25) is 0 Å². The molecule has 50 valence electrons. The van der Waals surface area contributed by atoms with Crippen LogP contribution >= 0.6 is 15.9 Å². The topological polar surface area (TPSA) is 17.8 Å². The molecule has 0 aliphatic rings. The summed E-state index contributed by atoms with van der Waals surface area (Å²) in [5, 5.41) is 4.06. The Labute approximate surface area is 63.0 Å². The molecule has 0 amide bonds. The molecule has 0 atom stereocenters. The van der Waals surface area contributed by atoms with Gasteiger partial charge in [-0.15, -0.1) is 0 Å². The van der Waals surface area contributed by atoms with Crippen LogP contribution in [-0.4, -0.2) is 9.78 Å². The number of hydrogen-bond acceptors (Lipinski definition) is 1. The van der Waals surface area contributed by atoms with Gasteiger partial charge in [-0.2, -0.15) is 5.10 Å². The Balaban J connectivity index is 3.07. The van der Waals surface area contributed by atoms with Gasteiger partial charge in [0.15, 0.2) is 0 Å². The highest BCUT2D eigenvalue weighted by molar-refractivity contribution is 9.10. The SMILES string of the molecule is CCc1c(Br)cnn1C. The molecule has 0 aromatic carbocycles. The van der Waals surface area contributed by atoms with E-state index < -0.39 is 0 Å². The minimum absolute atomic E-state index is 1.02. The quantitative estimate of drug-likeness (QED) is 0.657. The molecule has 0 fully saturated rings. The summed E-state index contributed by atoms with van der Waals surface area (Å²) in [6.07, 6.45) is 2.84. The first-order valence-corrected chi connectivity index (χ1v) is 3.71. The van der Waals surface area contributed by atoms with Crippen molar-refractivity contribution >= 4 is 15.9 Å². The molecule has 2 nitrogen and oxygen atoms in total. The van der Waals surface area contributed by atoms with E-state index in [0.29, 0.717) is 0 Å². The summed E-state index contributed by atoms with van der Waals surface area (Å²) in [6.45, 7) is 2.11. The number of nitrogens with zero attached hydrogens (tertiary/aromatic N) is 2. The highest BCUT2D eigenvalue weighted by Crippen LogP contribution is 2.14. The van der Waals surface area contributed by atoms with Crippen LogP contribution in [0.3, 0.4) is 0 Å². The molecule has 1 heterocycles. The van der Waals surface area contributed by atoms with E-state index in [1.807, 2.05) is 17.9 Å². The van der Waals surface area contributed by atoms with Crippen LogP contribution in [-0.2, 0) is 13.5 Å². The van der Waals surface area contributed by atoms with E-state index in [4.69, 9.17) is 0 Å². The van der Waals surface area contributed by atoms with Gasteiger partial charge in [-0.3, -0.25) is 4.68 Å². The van der Waals surface area contributed by atoms with E-state index >= 15 is 0 Å². The second kappa shape index (κ2) is 2.52. The molecule has 9 heavy (non-hydrogen) atoms. The molecule has 0 saturated carbocycles. The largest absolute Gasteiger partial charge is 0.272 e. The summed E-state index contributed by atoms with van der Waals surface area (Å²) in [5.74, 6) is 0. The molecule has 0 aliphatic heterocycles. The van der Waals surface area contributed by atoms with E-state index in [1.165, 1.54) is 5.69 Å². The van der Waals surface area contributed by atoms with Crippen molar-refractivity contribution in [1.29, 1.82) is 0 Å². The molecule has 0 aliphatic carbocycles. The van der Waals surface area contributed by atoms with Crippen molar-refractivity contribution in [2.75, 3.05) is 0 Å². The van der Waals surface area contributed by atoms with E-state index in [0.717, 1.165) is 10.9 Å². The lowest BCUT2D eigenvalue weighted by molar-refractivity contribution is 0.717. The molecular formula is C6H9BrN2. The highest BCUT2D eigenvalue weighted by atomic mass is 79.9. The van der Waals surface area contributed by atoms with E-state index in [1.54, 1.807) is 0 Å².